The monoisotopic (exact) mass is 480 g/mol. The molecule has 1 aliphatic carbocycles. The van der Waals surface area contributed by atoms with Crippen LogP contribution in [0.25, 0.3) is 21.9 Å². The van der Waals surface area contributed by atoms with Gasteiger partial charge in [0.05, 0.1) is 5.41 Å². The van der Waals surface area contributed by atoms with E-state index in [9.17, 15) is 0 Å². The number of rotatable bonds is 4. The SMILES string of the molecule is Cc1ccc2c(c1)C(c1ccc(C(C)C)cc1)(c1ccc(C(C)C)cc1)c1cc(C)cc3cccc-2c13. The molecule has 6 rings (SSSR count). The van der Waals surface area contributed by atoms with Crippen molar-refractivity contribution < 1.29 is 0 Å². The van der Waals surface area contributed by atoms with Gasteiger partial charge in [-0.2, -0.15) is 0 Å². The smallest absolute Gasteiger partial charge is 0.0610 e. The van der Waals surface area contributed by atoms with Gasteiger partial charge in [-0.05, 0) is 81.0 Å². The van der Waals surface area contributed by atoms with Crippen LogP contribution in [0.1, 0.15) is 84.0 Å². The summed E-state index contributed by atoms with van der Waals surface area (Å²) in [4.78, 5) is 0. The van der Waals surface area contributed by atoms with Crippen molar-refractivity contribution >= 4 is 10.8 Å². The fourth-order valence-corrected chi connectivity index (χ4v) is 6.47. The Labute approximate surface area is 222 Å². The topological polar surface area (TPSA) is 0 Å². The van der Waals surface area contributed by atoms with Crippen molar-refractivity contribution in [3.8, 4) is 11.1 Å². The highest BCUT2D eigenvalue weighted by Crippen LogP contribution is 2.55. The van der Waals surface area contributed by atoms with Gasteiger partial charge in [-0.15, -0.1) is 0 Å². The van der Waals surface area contributed by atoms with Crippen LogP contribution in [0.5, 0.6) is 0 Å². The Kier molecular flexibility index (Phi) is 5.60. The molecule has 5 aromatic carbocycles. The van der Waals surface area contributed by atoms with Crippen molar-refractivity contribution in [2.24, 2.45) is 0 Å². The number of hydrogen-bond acceptors (Lipinski definition) is 0. The minimum atomic E-state index is -0.398. The molecule has 0 aliphatic heterocycles. The molecule has 0 heterocycles. The van der Waals surface area contributed by atoms with Gasteiger partial charge >= 0.3 is 0 Å². The normalized spacial score (nSPS) is 13.8. The Hall–Kier alpha value is -3.64. The summed E-state index contributed by atoms with van der Waals surface area (Å²) in [6.45, 7) is 13.6. The number of fused-ring (bicyclic) bond motifs is 2. The lowest BCUT2D eigenvalue weighted by atomic mass is 9.59. The third-order valence-electron chi connectivity index (χ3n) is 8.42. The molecule has 0 heteroatoms. The van der Waals surface area contributed by atoms with Gasteiger partial charge in [-0.1, -0.05) is 136 Å². The molecule has 1 aliphatic rings. The van der Waals surface area contributed by atoms with Crippen LogP contribution in [-0.4, -0.2) is 0 Å². The highest BCUT2D eigenvalue weighted by Gasteiger charge is 2.44. The first-order valence-corrected chi connectivity index (χ1v) is 13.7. The summed E-state index contributed by atoms with van der Waals surface area (Å²) in [6, 6.07) is 37.6. The number of benzene rings is 5. The molecule has 0 bridgehead atoms. The summed E-state index contributed by atoms with van der Waals surface area (Å²) in [5, 5.41) is 2.70. The molecule has 0 saturated heterocycles. The van der Waals surface area contributed by atoms with E-state index in [1.807, 2.05) is 0 Å². The van der Waals surface area contributed by atoms with Crippen LogP contribution in [-0.2, 0) is 5.41 Å². The van der Waals surface area contributed by atoms with Crippen molar-refractivity contribution in [2.45, 2.75) is 58.8 Å². The average Bonchev–Trinajstić information content (AvgIpc) is 2.89. The van der Waals surface area contributed by atoms with E-state index < -0.39 is 5.41 Å². The summed E-state index contributed by atoms with van der Waals surface area (Å²) in [5.74, 6) is 1.00. The molecule has 0 amide bonds. The summed E-state index contributed by atoms with van der Waals surface area (Å²) in [7, 11) is 0. The van der Waals surface area contributed by atoms with E-state index in [1.165, 1.54) is 66.4 Å². The quantitative estimate of drug-likeness (QED) is 0.235. The van der Waals surface area contributed by atoms with Gasteiger partial charge in [-0.25, -0.2) is 0 Å². The van der Waals surface area contributed by atoms with Gasteiger partial charge < -0.3 is 0 Å². The molecular weight excluding hydrogens is 444 g/mol. The van der Waals surface area contributed by atoms with Gasteiger partial charge in [0.2, 0.25) is 0 Å². The average molecular weight is 481 g/mol. The standard InChI is InChI=1S/C37H36/c1-23(2)27-11-15-30(16-12-27)37(31-17-13-28(14-18-31)24(3)4)34-21-25(5)10-19-32(34)33-9-7-8-29-20-26(6)22-35(37)36(29)33/h7-24H,1-6H3. The van der Waals surface area contributed by atoms with Crippen molar-refractivity contribution in [3.63, 3.8) is 0 Å². The van der Waals surface area contributed by atoms with Crippen molar-refractivity contribution in [2.75, 3.05) is 0 Å². The van der Waals surface area contributed by atoms with Crippen LogP contribution in [0.3, 0.4) is 0 Å². The van der Waals surface area contributed by atoms with Crippen molar-refractivity contribution in [1.82, 2.24) is 0 Å². The fraction of sp³-hybridized carbons (Fsp3) is 0.243. The van der Waals surface area contributed by atoms with E-state index in [0.29, 0.717) is 11.8 Å². The highest BCUT2D eigenvalue weighted by molar-refractivity contribution is 6.05. The van der Waals surface area contributed by atoms with E-state index in [1.54, 1.807) is 0 Å². The zero-order chi connectivity index (χ0) is 25.9. The second kappa shape index (κ2) is 8.73. The molecule has 37 heavy (non-hydrogen) atoms. The molecule has 0 nitrogen and oxygen atoms in total. The highest BCUT2D eigenvalue weighted by atomic mass is 14.5. The van der Waals surface area contributed by atoms with Gasteiger partial charge in [0.1, 0.15) is 0 Å². The van der Waals surface area contributed by atoms with Gasteiger partial charge in [0.25, 0.3) is 0 Å². The third-order valence-corrected chi connectivity index (χ3v) is 8.42. The molecule has 0 aromatic heterocycles. The summed E-state index contributed by atoms with van der Waals surface area (Å²) in [6.07, 6.45) is 0. The zero-order valence-electron chi connectivity index (χ0n) is 22.9. The van der Waals surface area contributed by atoms with Crippen LogP contribution < -0.4 is 0 Å². The van der Waals surface area contributed by atoms with Crippen molar-refractivity contribution in [1.29, 1.82) is 0 Å². The maximum absolute atomic E-state index is 2.45. The molecule has 184 valence electrons. The van der Waals surface area contributed by atoms with Gasteiger partial charge in [-0.3, -0.25) is 0 Å². The first-order chi connectivity index (χ1) is 17.8. The molecule has 5 aromatic rings. The second-order valence-corrected chi connectivity index (χ2v) is 11.6. The predicted molar refractivity (Wildman–Crippen MR) is 159 cm³/mol. The van der Waals surface area contributed by atoms with Crippen LogP contribution >= 0.6 is 0 Å². The first-order valence-electron chi connectivity index (χ1n) is 13.7. The molecule has 0 spiro atoms. The largest absolute Gasteiger partial charge is 0.0713 e. The minimum Gasteiger partial charge on any atom is -0.0610 e. The maximum atomic E-state index is 2.45. The van der Waals surface area contributed by atoms with Crippen LogP contribution in [0.2, 0.25) is 0 Å². The molecule has 0 fully saturated rings. The van der Waals surface area contributed by atoms with Crippen molar-refractivity contribution in [3.05, 3.63) is 142 Å². The van der Waals surface area contributed by atoms with E-state index in [2.05, 4.69) is 139 Å². The summed E-state index contributed by atoms with van der Waals surface area (Å²) in [5.41, 5.74) is 13.1. The van der Waals surface area contributed by atoms with Crippen LogP contribution in [0, 0.1) is 13.8 Å². The lowest BCUT2D eigenvalue weighted by Crippen LogP contribution is -2.34. The van der Waals surface area contributed by atoms with E-state index in [-0.39, 0.29) is 0 Å². The minimum absolute atomic E-state index is 0.398. The van der Waals surface area contributed by atoms with Crippen LogP contribution in [0.4, 0.5) is 0 Å². The third kappa shape index (κ3) is 3.57. The summed E-state index contributed by atoms with van der Waals surface area (Å²) >= 11 is 0. The Morgan fingerprint density at radius 2 is 1.08 bits per heavy atom. The fourth-order valence-electron chi connectivity index (χ4n) is 6.47. The van der Waals surface area contributed by atoms with Gasteiger partial charge in [0, 0.05) is 0 Å². The summed E-state index contributed by atoms with van der Waals surface area (Å²) < 4.78 is 0. The Morgan fingerprint density at radius 1 is 0.514 bits per heavy atom. The van der Waals surface area contributed by atoms with E-state index in [4.69, 9.17) is 0 Å². The first kappa shape index (κ1) is 23.7. The Bertz CT molecular complexity index is 1560. The van der Waals surface area contributed by atoms with E-state index in [0.717, 1.165) is 0 Å². The zero-order valence-corrected chi connectivity index (χ0v) is 22.9. The number of hydrogen-bond donors (Lipinski definition) is 0. The molecule has 0 unspecified atom stereocenters. The second-order valence-electron chi connectivity index (χ2n) is 11.6. The predicted octanol–water partition coefficient (Wildman–Crippen LogP) is 10.1. The van der Waals surface area contributed by atoms with Gasteiger partial charge in [0.15, 0.2) is 0 Å². The van der Waals surface area contributed by atoms with E-state index >= 15 is 0 Å². The van der Waals surface area contributed by atoms with Crippen LogP contribution in [0.15, 0.2) is 97.1 Å². The Balaban J connectivity index is 1.81. The molecule has 0 radical (unpaired) electrons. The Morgan fingerprint density at radius 3 is 1.65 bits per heavy atom. The maximum Gasteiger partial charge on any atom is 0.0713 e. The molecular formula is C37H36. The molecule has 0 saturated carbocycles. The molecule has 0 N–H and O–H groups in total. The lowest BCUT2D eigenvalue weighted by molar-refractivity contribution is 0.743. The molecule has 0 atom stereocenters. The lowest BCUT2D eigenvalue weighted by Gasteiger charge is -2.42. The number of aryl methyl sites for hydroxylation is 2.